The first-order chi connectivity index (χ1) is 9.20. The highest BCUT2D eigenvalue weighted by Gasteiger charge is 2.10. The van der Waals surface area contributed by atoms with Crippen LogP contribution in [0.4, 0.5) is 0 Å². The summed E-state index contributed by atoms with van der Waals surface area (Å²) in [7, 11) is 0. The van der Waals surface area contributed by atoms with Crippen LogP contribution in [0.5, 0.6) is 0 Å². The van der Waals surface area contributed by atoms with Gasteiger partial charge in [-0.1, -0.05) is 77.3 Å². The van der Waals surface area contributed by atoms with E-state index < -0.39 is 0 Å². The third kappa shape index (κ3) is 4.09. The summed E-state index contributed by atoms with van der Waals surface area (Å²) >= 11 is 9.78. The molecule has 0 aliphatic carbocycles. The van der Waals surface area contributed by atoms with Crippen LogP contribution < -0.4 is 0 Å². The number of aryl methyl sites for hydroxylation is 1. The molecule has 2 heteroatoms. The molecule has 0 nitrogen and oxygen atoms in total. The highest BCUT2D eigenvalue weighted by atomic mass is 79.9. The number of alkyl halides is 1. The van der Waals surface area contributed by atoms with Crippen LogP contribution in [0.2, 0.25) is 5.02 Å². The number of benzene rings is 2. The van der Waals surface area contributed by atoms with Crippen LogP contribution in [0.25, 0.3) is 0 Å². The molecule has 0 bridgehead atoms. The molecule has 0 amide bonds. The molecule has 0 fully saturated rings. The van der Waals surface area contributed by atoms with E-state index in [1.807, 2.05) is 18.2 Å². The van der Waals surface area contributed by atoms with Crippen molar-refractivity contribution in [1.82, 2.24) is 0 Å². The number of hydrogen-bond donors (Lipinski definition) is 0. The average Bonchev–Trinajstić information content (AvgIpc) is 2.45. The van der Waals surface area contributed by atoms with Gasteiger partial charge in [-0.05, 0) is 41.7 Å². The normalized spacial score (nSPS) is 12.4. The predicted molar refractivity (Wildman–Crippen MR) is 87.3 cm³/mol. The zero-order valence-corrected chi connectivity index (χ0v) is 13.4. The molecule has 0 aliphatic heterocycles. The molecule has 0 aliphatic rings. The lowest BCUT2D eigenvalue weighted by atomic mass is 10.0. The molecule has 2 aromatic rings. The Morgan fingerprint density at radius 1 is 1.05 bits per heavy atom. The minimum Gasteiger partial charge on any atom is -0.0843 e. The SMILES string of the molecule is CCCCc1ccc(C(Br)c2cccc(Cl)c2)cc1. The van der Waals surface area contributed by atoms with Crippen molar-refractivity contribution in [3.05, 3.63) is 70.2 Å². The minimum atomic E-state index is 0.200. The number of hydrogen-bond acceptors (Lipinski definition) is 0. The van der Waals surface area contributed by atoms with Crippen LogP contribution in [-0.4, -0.2) is 0 Å². The number of halogens is 2. The zero-order valence-electron chi connectivity index (χ0n) is 11.1. The molecule has 0 saturated heterocycles. The molecule has 0 N–H and O–H groups in total. The van der Waals surface area contributed by atoms with Crippen LogP contribution in [0.3, 0.4) is 0 Å². The highest BCUT2D eigenvalue weighted by Crippen LogP contribution is 2.32. The molecule has 0 saturated carbocycles. The maximum atomic E-state index is 6.04. The van der Waals surface area contributed by atoms with E-state index >= 15 is 0 Å². The van der Waals surface area contributed by atoms with Crippen molar-refractivity contribution in [2.45, 2.75) is 31.0 Å². The second kappa shape index (κ2) is 7.12. The van der Waals surface area contributed by atoms with Crippen molar-refractivity contribution in [3.63, 3.8) is 0 Å². The standard InChI is InChI=1S/C17H18BrCl/c1-2-3-5-13-8-10-14(11-9-13)17(18)15-6-4-7-16(19)12-15/h4,6-12,17H,2-3,5H2,1H3. The number of rotatable bonds is 5. The maximum absolute atomic E-state index is 6.04. The van der Waals surface area contributed by atoms with Gasteiger partial charge in [0.05, 0.1) is 4.83 Å². The van der Waals surface area contributed by atoms with Gasteiger partial charge >= 0.3 is 0 Å². The van der Waals surface area contributed by atoms with Gasteiger partial charge in [-0.15, -0.1) is 0 Å². The van der Waals surface area contributed by atoms with E-state index in [9.17, 15) is 0 Å². The Morgan fingerprint density at radius 3 is 2.42 bits per heavy atom. The lowest BCUT2D eigenvalue weighted by Gasteiger charge is -2.12. The fraction of sp³-hybridized carbons (Fsp3) is 0.294. The lowest BCUT2D eigenvalue weighted by Crippen LogP contribution is -1.93. The topological polar surface area (TPSA) is 0 Å². The van der Waals surface area contributed by atoms with E-state index in [0.29, 0.717) is 0 Å². The summed E-state index contributed by atoms with van der Waals surface area (Å²) in [5.74, 6) is 0. The molecular weight excluding hydrogens is 320 g/mol. The monoisotopic (exact) mass is 336 g/mol. The minimum absolute atomic E-state index is 0.200. The van der Waals surface area contributed by atoms with Gasteiger partial charge in [-0.25, -0.2) is 0 Å². The van der Waals surface area contributed by atoms with Crippen molar-refractivity contribution in [2.24, 2.45) is 0 Å². The maximum Gasteiger partial charge on any atom is 0.0645 e. The molecule has 1 atom stereocenters. The van der Waals surface area contributed by atoms with Crippen molar-refractivity contribution < 1.29 is 0 Å². The van der Waals surface area contributed by atoms with E-state index in [2.05, 4.69) is 53.2 Å². The van der Waals surface area contributed by atoms with Crippen molar-refractivity contribution in [3.8, 4) is 0 Å². The predicted octanol–water partition coefficient (Wildman–Crippen LogP) is 6.17. The van der Waals surface area contributed by atoms with E-state index in [-0.39, 0.29) is 4.83 Å². The first-order valence-corrected chi connectivity index (χ1v) is 7.98. The number of unbranched alkanes of at least 4 members (excludes halogenated alkanes) is 1. The van der Waals surface area contributed by atoms with Gasteiger partial charge in [0.25, 0.3) is 0 Å². The molecule has 19 heavy (non-hydrogen) atoms. The van der Waals surface area contributed by atoms with Crippen molar-refractivity contribution >= 4 is 27.5 Å². The van der Waals surface area contributed by atoms with Crippen LogP contribution in [0.15, 0.2) is 48.5 Å². The largest absolute Gasteiger partial charge is 0.0843 e. The Bertz CT molecular complexity index is 519. The molecule has 0 aromatic heterocycles. The molecule has 100 valence electrons. The summed E-state index contributed by atoms with van der Waals surface area (Å²) in [6.07, 6.45) is 3.66. The molecule has 0 radical (unpaired) electrons. The fourth-order valence-electron chi connectivity index (χ4n) is 2.09. The quantitative estimate of drug-likeness (QED) is 0.572. The second-order valence-corrected chi connectivity index (χ2v) is 6.11. The van der Waals surface area contributed by atoms with Crippen molar-refractivity contribution in [2.75, 3.05) is 0 Å². The van der Waals surface area contributed by atoms with Crippen LogP contribution in [-0.2, 0) is 6.42 Å². The smallest absolute Gasteiger partial charge is 0.0645 e. The van der Waals surface area contributed by atoms with E-state index in [1.165, 1.54) is 36.0 Å². The molecular formula is C17H18BrCl. The van der Waals surface area contributed by atoms with E-state index in [4.69, 9.17) is 11.6 Å². The average molecular weight is 338 g/mol. The van der Waals surface area contributed by atoms with Gasteiger partial charge in [-0.2, -0.15) is 0 Å². The first kappa shape index (κ1) is 14.6. The van der Waals surface area contributed by atoms with Crippen LogP contribution in [0.1, 0.15) is 41.3 Å². The lowest BCUT2D eigenvalue weighted by molar-refractivity contribution is 0.795. The Balaban J connectivity index is 2.13. The van der Waals surface area contributed by atoms with Gasteiger partial charge in [-0.3, -0.25) is 0 Å². The van der Waals surface area contributed by atoms with Crippen LogP contribution in [0, 0.1) is 0 Å². The summed E-state index contributed by atoms with van der Waals surface area (Å²) in [5.41, 5.74) is 3.87. The zero-order chi connectivity index (χ0) is 13.7. The van der Waals surface area contributed by atoms with Crippen molar-refractivity contribution in [1.29, 1.82) is 0 Å². The Kier molecular flexibility index (Phi) is 5.47. The highest BCUT2D eigenvalue weighted by molar-refractivity contribution is 9.09. The second-order valence-electron chi connectivity index (χ2n) is 4.76. The van der Waals surface area contributed by atoms with E-state index in [0.717, 1.165) is 5.02 Å². The fourth-order valence-corrected chi connectivity index (χ4v) is 2.88. The molecule has 1 unspecified atom stereocenters. The molecule has 0 heterocycles. The van der Waals surface area contributed by atoms with Gasteiger partial charge in [0, 0.05) is 5.02 Å². The summed E-state index contributed by atoms with van der Waals surface area (Å²) in [6, 6.07) is 16.8. The summed E-state index contributed by atoms with van der Waals surface area (Å²) in [4.78, 5) is 0.200. The molecule has 2 rings (SSSR count). The van der Waals surface area contributed by atoms with Gasteiger partial charge < -0.3 is 0 Å². The van der Waals surface area contributed by atoms with Gasteiger partial charge in [0.2, 0.25) is 0 Å². The third-order valence-electron chi connectivity index (χ3n) is 3.23. The summed E-state index contributed by atoms with van der Waals surface area (Å²) in [5, 5.41) is 0.779. The van der Waals surface area contributed by atoms with E-state index in [1.54, 1.807) is 0 Å². The summed E-state index contributed by atoms with van der Waals surface area (Å²) in [6.45, 7) is 2.22. The molecule has 0 spiro atoms. The van der Waals surface area contributed by atoms with Crippen LogP contribution >= 0.6 is 27.5 Å². The first-order valence-electron chi connectivity index (χ1n) is 6.69. The Labute approximate surface area is 128 Å². The van der Waals surface area contributed by atoms with Gasteiger partial charge in [0.15, 0.2) is 0 Å². The van der Waals surface area contributed by atoms with Gasteiger partial charge in [0.1, 0.15) is 0 Å². The Morgan fingerprint density at radius 2 is 1.79 bits per heavy atom. The Hall–Kier alpha value is -0.790. The third-order valence-corrected chi connectivity index (χ3v) is 4.53. The summed E-state index contributed by atoms with van der Waals surface area (Å²) < 4.78 is 0. The molecule has 2 aromatic carbocycles.